The van der Waals surface area contributed by atoms with Gasteiger partial charge in [-0.3, -0.25) is 4.90 Å². The Bertz CT molecular complexity index is 853. The van der Waals surface area contributed by atoms with Crippen LogP contribution in [0.2, 0.25) is 0 Å². The topological polar surface area (TPSA) is 97.3 Å². The molecule has 8 nitrogen and oxygen atoms in total. The number of benzene rings is 1. The van der Waals surface area contributed by atoms with Crippen LogP contribution in [0, 0.1) is 6.92 Å². The highest BCUT2D eigenvalue weighted by Gasteiger charge is 2.12. The van der Waals surface area contributed by atoms with E-state index in [1.807, 2.05) is 20.2 Å². The number of carboxylic acids is 1. The highest BCUT2D eigenvalue weighted by atomic mass is 16.5. The second-order valence-electron chi connectivity index (χ2n) is 5.80. The summed E-state index contributed by atoms with van der Waals surface area (Å²) >= 11 is 0. The Labute approximate surface area is 144 Å². The van der Waals surface area contributed by atoms with Crippen LogP contribution in [0.15, 0.2) is 41.2 Å². The number of carbonyl (C=O) groups is 1. The second-order valence-corrected chi connectivity index (χ2v) is 5.80. The van der Waals surface area contributed by atoms with Gasteiger partial charge in [0.2, 0.25) is 11.7 Å². The van der Waals surface area contributed by atoms with Gasteiger partial charge in [0.25, 0.3) is 0 Å². The molecule has 0 unspecified atom stereocenters. The molecule has 0 radical (unpaired) electrons. The normalized spacial score (nSPS) is 11.2. The van der Waals surface area contributed by atoms with Gasteiger partial charge in [0.15, 0.2) is 0 Å². The number of hydrogen-bond acceptors (Lipinski definition) is 6. The fraction of sp³-hybridized carbons (Fsp3) is 0.294. The van der Waals surface area contributed by atoms with E-state index in [0.717, 1.165) is 24.5 Å². The molecule has 3 rings (SSSR count). The van der Waals surface area contributed by atoms with Crippen molar-refractivity contribution in [2.75, 3.05) is 13.6 Å². The number of aromatic carboxylic acids is 1. The van der Waals surface area contributed by atoms with Crippen molar-refractivity contribution in [1.82, 2.24) is 24.6 Å². The van der Waals surface area contributed by atoms with E-state index in [2.05, 4.69) is 24.6 Å². The second kappa shape index (κ2) is 7.27. The van der Waals surface area contributed by atoms with Gasteiger partial charge in [0, 0.05) is 31.0 Å². The molecule has 0 fully saturated rings. The Hall–Kier alpha value is -3.00. The van der Waals surface area contributed by atoms with E-state index in [0.29, 0.717) is 18.3 Å². The predicted molar refractivity (Wildman–Crippen MR) is 90.0 cm³/mol. The molecule has 0 aliphatic rings. The lowest BCUT2D eigenvalue weighted by Crippen LogP contribution is -2.23. The van der Waals surface area contributed by atoms with Crippen molar-refractivity contribution in [1.29, 1.82) is 0 Å². The number of rotatable bonds is 7. The molecule has 0 saturated carbocycles. The molecule has 1 aromatic carbocycles. The van der Waals surface area contributed by atoms with Crippen LogP contribution < -0.4 is 0 Å². The average Bonchev–Trinajstić information content (AvgIpc) is 3.22. The van der Waals surface area contributed by atoms with Gasteiger partial charge in [0.1, 0.15) is 5.82 Å². The van der Waals surface area contributed by atoms with Crippen LogP contribution >= 0.6 is 0 Å². The van der Waals surface area contributed by atoms with E-state index < -0.39 is 5.97 Å². The highest BCUT2D eigenvalue weighted by molar-refractivity contribution is 5.88. The minimum absolute atomic E-state index is 0.224. The monoisotopic (exact) mass is 341 g/mol. The van der Waals surface area contributed by atoms with Crippen molar-refractivity contribution in [2.45, 2.75) is 20.0 Å². The molecule has 2 heterocycles. The molecular weight excluding hydrogens is 322 g/mol. The Kier molecular flexibility index (Phi) is 4.90. The SMILES string of the molecule is Cc1nccn1CCN(C)Cc1nc(-c2ccc(C(=O)O)cc2)no1. The van der Waals surface area contributed by atoms with Gasteiger partial charge in [0.05, 0.1) is 12.1 Å². The van der Waals surface area contributed by atoms with Crippen LogP contribution in [0.3, 0.4) is 0 Å². The number of hydrogen-bond donors (Lipinski definition) is 1. The van der Waals surface area contributed by atoms with Gasteiger partial charge in [-0.2, -0.15) is 4.98 Å². The summed E-state index contributed by atoms with van der Waals surface area (Å²) in [5.74, 6) is 0.987. The first-order valence-electron chi connectivity index (χ1n) is 7.85. The Morgan fingerprint density at radius 1 is 1.32 bits per heavy atom. The van der Waals surface area contributed by atoms with Crippen molar-refractivity contribution in [3.63, 3.8) is 0 Å². The molecule has 0 amide bonds. The van der Waals surface area contributed by atoms with Crippen molar-refractivity contribution in [2.24, 2.45) is 0 Å². The zero-order valence-electron chi connectivity index (χ0n) is 14.1. The Morgan fingerprint density at radius 2 is 2.08 bits per heavy atom. The molecule has 130 valence electrons. The van der Waals surface area contributed by atoms with Crippen molar-refractivity contribution >= 4 is 5.97 Å². The first kappa shape index (κ1) is 16.8. The zero-order chi connectivity index (χ0) is 17.8. The summed E-state index contributed by atoms with van der Waals surface area (Å²) in [4.78, 5) is 21.5. The van der Waals surface area contributed by atoms with Gasteiger partial charge in [-0.15, -0.1) is 0 Å². The molecule has 0 spiro atoms. The average molecular weight is 341 g/mol. The van der Waals surface area contributed by atoms with Gasteiger partial charge in [-0.25, -0.2) is 9.78 Å². The molecule has 25 heavy (non-hydrogen) atoms. The standard InChI is InChI=1S/C17H19N5O3/c1-12-18-7-8-22(12)10-9-21(2)11-15-19-16(20-25-15)13-3-5-14(6-4-13)17(23)24/h3-8H,9-11H2,1-2H3,(H,23,24). The fourth-order valence-electron chi connectivity index (χ4n) is 2.43. The molecule has 0 aliphatic carbocycles. The largest absolute Gasteiger partial charge is 0.478 e. The summed E-state index contributed by atoms with van der Waals surface area (Å²) in [6.07, 6.45) is 3.74. The summed E-state index contributed by atoms with van der Waals surface area (Å²) in [5.41, 5.74) is 0.943. The molecule has 0 saturated heterocycles. The summed E-state index contributed by atoms with van der Waals surface area (Å²) in [6, 6.07) is 6.38. The smallest absolute Gasteiger partial charge is 0.335 e. The van der Waals surface area contributed by atoms with Crippen LogP contribution in [0.4, 0.5) is 0 Å². The fourth-order valence-corrected chi connectivity index (χ4v) is 2.43. The van der Waals surface area contributed by atoms with E-state index in [1.54, 1.807) is 18.3 Å². The minimum atomic E-state index is -0.963. The van der Waals surface area contributed by atoms with Gasteiger partial charge < -0.3 is 14.2 Å². The third-order valence-corrected chi connectivity index (χ3v) is 3.91. The molecular formula is C17H19N5O3. The van der Waals surface area contributed by atoms with Crippen LogP contribution in [-0.2, 0) is 13.1 Å². The Balaban J connectivity index is 1.59. The summed E-state index contributed by atoms with van der Waals surface area (Å²) < 4.78 is 7.37. The first-order valence-corrected chi connectivity index (χ1v) is 7.85. The summed E-state index contributed by atoms with van der Waals surface area (Å²) in [5, 5.41) is 12.9. The number of aromatic nitrogens is 4. The van der Waals surface area contributed by atoms with Crippen LogP contribution in [0.1, 0.15) is 22.1 Å². The van der Waals surface area contributed by atoms with E-state index in [4.69, 9.17) is 9.63 Å². The lowest BCUT2D eigenvalue weighted by molar-refractivity contribution is 0.0697. The maximum Gasteiger partial charge on any atom is 0.335 e. The van der Waals surface area contributed by atoms with E-state index in [-0.39, 0.29) is 5.56 Å². The molecule has 0 atom stereocenters. The maximum atomic E-state index is 10.9. The summed E-state index contributed by atoms with van der Waals surface area (Å²) in [6.45, 7) is 4.16. The van der Waals surface area contributed by atoms with Crippen LogP contribution in [0.5, 0.6) is 0 Å². The maximum absolute atomic E-state index is 10.9. The minimum Gasteiger partial charge on any atom is -0.478 e. The molecule has 8 heteroatoms. The van der Waals surface area contributed by atoms with Crippen LogP contribution in [0.25, 0.3) is 11.4 Å². The van der Waals surface area contributed by atoms with E-state index in [9.17, 15) is 4.79 Å². The van der Waals surface area contributed by atoms with E-state index in [1.165, 1.54) is 12.1 Å². The van der Waals surface area contributed by atoms with Crippen molar-refractivity contribution in [3.05, 3.63) is 53.9 Å². The lowest BCUT2D eigenvalue weighted by atomic mass is 10.1. The molecule has 1 N–H and O–H groups in total. The lowest BCUT2D eigenvalue weighted by Gasteiger charge is -2.14. The number of imidazole rings is 1. The van der Waals surface area contributed by atoms with Crippen molar-refractivity contribution < 1.29 is 14.4 Å². The zero-order valence-corrected chi connectivity index (χ0v) is 14.1. The number of aryl methyl sites for hydroxylation is 1. The number of nitrogens with zero attached hydrogens (tertiary/aromatic N) is 5. The molecule has 2 aromatic heterocycles. The third-order valence-electron chi connectivity index (χ3n) is 3.91. The molecule has 0 aliphatic heterocycles. The first-order chi connectivity index (χ1) is 12.0. The third kappa shape index (κ3) is 4.10. The van der Waals surface area contributed by atoms with Gasteiger partial charge in [-0.1, -0.05) is 17.3 Å². The molecule has 3 aromatic rings. The quantitative estimate of drug-likeness (QED) is 0.702. The summed E-state index contributed by atoms with van der Waals surface area (Å²) in [7, 11) is 1.98. The van der Waals surface area contributed by atoms with Gasteiger partial charge in [-0.05, 0) is 26.1 Å². The van der Waals surface area contributed by atoms with Crippen LogP contribution in [-0.4, -0.2) is 49.3 Å². The van der Waals surface area contributed by atoms with Crippen molar-refractivity contribution in [3.8, 4) is 11.4 Å². The van der Waals surface area contributed by atoms with E-state index >= 15 is 0 Å². The highest BCUT2D eigenvalue weighted by Crippen LogP contribution is 2.17. The van der Waals surface area contributed by atoms with Gasteiger partial charge >= 0.3 is 5.97 Å². The molecule has 0 bridgehead atoms. The Morgan fingerprint density at radius 3 is 2.72 bits per heavy atom. The predicted octanol–water partition coefficient (Wildman–Crippen LogP) is 2.07. The number of likely N-dealkylation sites (N-methyl/N-ethyl adjacent to an activating group) is 1. The number of carboxylic acid groups (broad SMARTS) is 1.